The number of esters is 1. The van der Waals surface area contributed by atoms with Gasteiger partial charge in [0, 0.05) is 23.4 Å². The van der Waals surface area contributed by atoms with E-state index in [-0.39, 0.29) is 30.8 Å². The summed E-state index contributed by atoms with van der Waals surface area (Å²) in [6.45, 7) is 9.12. The lowest BCUT2D eigenvalue weighted by atomic mass is 9.95. The fraction of sp³-hybridized carbons (Fsp3) is 0.478. The second kappa shape index (κ2) is 9.87. The van der Waals surface area contributed by atoms with Crippen LogP contribution in [0.1, 0.15) is 57.4 Å². The van der Waals surface area contributed by atoms with Gasteiger partial charge in [-0.25, -0.2) is 9.78 Å². The predicted octanol–water partition coefficient (Wildman–Crippen LogP) is 3.05. The van der Waals surface area contributed by atoms with Crippen molar-refractivity contribution in [1.29, 1.82) is 0 Å². The summed E-state index contributed by atoms with van der Waals surface area (Å²) < 4.78 is 5.06. The Morgan fingerprint density at radius 2 is 1.94 bits per heavy atom. The van der Waals surface area contributed by atoms with Crippen molar-refractivity contribution in [2.45, 2.75) is 40.5 Å². The number of amides is 1. The Bertz CT molecular complexity index is 974. The number of aromatic amines is 1. The molecule has 0 aliphatic carbocycles. The van der Waals surface area contributed by atoms with E-state index < -0.39 is 5.97 Å². The number of anilines is 1. The molecule has 166 valence electrons. The second-order valence-electron chi connectivity index (χ2n) is 8.03. The van der Waals surface area contributed by atoms with Gasteiger partial charge in [0.2, 0.25) is 5.91 Å². The molecule has 1 aliphatic heterocycles. The van der Waals surface area contributed by atoms with Crippen LogP contribution >= 0.6 is 0 Å². The molecule has 0 radical (unpaired) electrons. The van der Waals surface area contributed by atoms with Gasteiger partial charge in [0.05, 0.1) is 13.2 Å². The number of hydrogen-bond acceptors (Lipinski definition) is 6. The first-order valence-electron chi connectivity index (χ1n) is 10.7. The van der Waals surface area contributed by atoms with Crippen molar-refractivity contribution in [1.82, 2.24) is 14.9 Å². The van der Waals surface area contributed by atoms with Gasteiger partial charge in [0.15, 0.2) is 5.78 Å². The fourth-order valence-corrected chi connectivity index (χ4v) is 4.04. The van der Waals surface area contributed by atoms with Crippen LogP contribution in [0.5, 0.6) is 0 Å². The molecule has 1 aliphatic rings. The lowest BCUT2D eigenvalue weighted by Crippen LogP contribution is -2.40. The Balaban J connectivity index is 1.56. The lowest BCUT2D eigenvalue weighted by molar-refractivity contribution is -0.121. The fourth-order valence-electron chi connectivity index (χ4n) is 4.04. The van der Waals surface area contributed by atoms with Gasteiger partial charge in [-0.1, -0.05) is 0 Å². The normalized spacial score (nSPS) is 15.0. The van der Waals surface area contributed by atoms with Crippen LogP contribution in [0.2, 0.25) is 0 Å². The molecule has 0 unspecified atom stereocenters. The number of hydrogen-bond donors (Lipinski definition) is 2. The van der Waals surface area contributed by atoms with Crippen LogP contribution in [0.25, 0.3) is 0 Å². The lowest BCUT2D eigenvalue weighted by Gasteiger charge is -2.30. The summed E-state index contributed by atoms with van der Waals surface area (Å²) in [6.07, 6.45) is 3.05. The predicted molar refractivity (Wildman–Crippen MR) is 117 cm³/mol. The minimum atomic E-state index is -0.447. The molecule has 3 heterocycles. The van der Waals surface area contributed by atoms with Gasteiger partial charge in [0.25, 0.3) is 0 Å². The molecule has 31 heavy (non-hydrogen) atoms. The highest BCUT2D eigenvalue weighted by Gasteiger charge is 2.28. The van der Waals surface area contributed by atoms with Gasteiger partial charge in [-0.3, -0.25) is 14.5 Å². The van der Waals surface area contributed by atoms with Gasteiger partial charge in [-0.15, -0.1) is 0 Å². The van der Waals surface area contributed by atoms with E-state index in [4.69, 9.17) is 4.74 Å². The first-order valence-corrected chi connectivity index (χ1v) is 10.7. The molecule has 0 bridgehead atoms. The molecule has 0 atom stereocenters. The van der Waals surface area contributed by atoms with Crippen molar-refractivity contribution in [3.63, 3.8) is 0 Å². The number of Topliss-reactive ketones (excluding diaryl/α,β-unsaturated/α-hetero) is 1. The van der Waals surface area contributed by atoms with Crippen LogP contribution in [0.4, 0.5) is 5.82 Å². The summed E-state index contributed by atoms with van der Waals surface area (Å²) in [5, 5.41) is 2.89. The molecule has 2 aromatic rings. The molecule has 1 saturated heterocycles. The van der Waals surface area contributed by atoms with Crippen LogP contribution in [-0.4, -0.2) is 58.8 Å². The maximum absolute atomic E-state index is 12.9. The summed E-state index contributed by atoms with van der Waals surface area (Å²) >= 11 is 0. The first kappa shape index (κ1) is 22.7. The maximum atomic E-state index is 12.9. The van der Waals surface area contributed by atoms with Crippen LogP contribution in [0.15, 0.2) is 18.3 Å². The highest BCUT2D eigenvalue weighted by atomic mass is 16.5. The number of ketones is 1. The molecular weight excluding hydrogens is 396 g/mol. The molecule has 8 nitrogen and oxygen atoms in total. The highest BCUT2D eigenvalue weighted by molar-refractivity contribution is 6.03. The van der Waals surface area contributed by atoms with Crippen LogP contribution in [0.3, 0.4) is 0 Å². The smallest absolute Gasteiger partial charge is 0.355 e. The summed E-state index contributed by atoms with van der Waals surface area (Å²) in [7, 11) is 0. The molecule has 0 saturated carbocycles. The number of rotatable bonds is 7. The largest absolute Gasteiger partial charge is 0.461 e. The van der Waals surface area contributed by atoms with E-state index in [1.54, 1.807) is 27.0 Å². The number of nitrogens with zero attached hydrogens (tertiary/aromatic N) is 2. The molecule has 1 amide bonds. The number of ether oxygens (including phenoxy) is 1. The van der Waals surface area contributed by atoms with E-state index in [0.29, 0.717) is 54.3 Å². The number of H-pyrrole nitrogens is 1. The van der Waals surface area contributed by atoms with Gasteiger partial charge in [-0.2, -0.15) is 0 Å². The van der Waals surface area contributed by atoms with Gasteiger partial charge in [-0.05, 0) is 76.9 Å². The average molecular weight is 427 g/mol. The molecule has 3 rings (SSSR count). The number of carbonyl (C=O) groups is 3. The quantitative estimate of drug-likeness (QED) is 0.521. The second-order valence-corrected chi connectivity index (χ2v) is 8.03. The standard InChI is InChI=1S/C23H30N4O4/c1-5-31-23(30)21-15(3)20(16(4)25-21)18(28)13-27-10-7-17(8-11-27)22(29)26-19-12-14(2)6-9-24-19/h6,9,12,17,25H,5,7-8,10-11,13H2,1-4H3,(H,24,26,29). The van der Waals surface area contributed by atoms with Crippen LogP contribution in [-0.2, 0) is 9.53 Å². The zero-order valence-electron chi connectivity index (χ0n) is 18.6. The van der Waals surface area contributed by atoms with Crippen LogP contribution in [0, 0.1) is 26.7 Å². The first-order chi connectivity index (χ1) is 14.8. The Morgan fingerprint density at radius 1 is 1.23 bits per heavy atom. The summed E-state index contributed by atoms with van der Waals surface area (Å²) in [4.78, 5) is 46.8. The van der Waals surface area contributed by atoms with Gasteiger partial charge in [0.1, 0.15) is 11.5 Å². The topological polar surface area (TPSA) is 104 Å². The van der Waals surface area contributed by atoms with E-state index >= 15 is 0 Å². The number of likely N-dealkylation sites (tertiary alicyclic amines) is 1. The Hall–Kier alpha value is -3.00. The third-order valence-corrected chi connectivity index (χ3v) is 5.69. The molecule has 1 fully saturated rings. The van der Waals surface area contributed by atoms with Crippen LogP contribution < -0.4 is 5.32 Å². The molecule has 0 aromatic carbocycles. The van der Waals surface area contributed by atoms with Crippen molar-refractivity contribution >= 4 is 23.5 Å². The van der Waals surface area contributed by atoms with E-state index in [2.05, 4.69) is 20.2 Å². The van der Waals surface area contributed by atoms with Crippen molar-refractivity contribution in [2.24, 2.45) is 5.92 Å². The Morgan fingerprint density at radius 3 is 2.58 bits per heavy atom. The maximum Gasteiger partial charge on any atom is 0.355 e. The number of piperidine rings is 1. The van der Waals surface area contributed by atoms with Crippen molar-refractivity contribution in [3.05, 3.63) is 46.4 Å². The van der Waals surface area contributed by atoms with E-state index in [9.17, 15) is 14.4 Å². The number of nitrogens with one attached hydrogen (secondary N) is 2. The number of carbonyl (C=O) groups excluding carboxylic acids is 3. The molecule has 2 N–H and O–H groups in total. The Kier molecular flexibility index (Phi) is 7.22. The molecule has 8 heteroatoms. The summed E-state index contributed by atoms with van der Waals surface area (Å²) in [6, 6.07) is 3.73. The summed E-state index contributed by atoms with van der Waals surface area (Å²) in [5.41, 5.74) is 3.22. The number of pyridine rings is 1. The molecule has 0 spiro atoms. The van der Waals surface area contributed by atoms with E-state index in [1.807, 2.05) is 19.1 Å². The van der Waals surface area contributed by atoms with Crippen molar-refractivity contribution < 1.29 is 19.1 Å². The van der Waals surface area contributed by atoms with Gasteiger partial charge >= 0.3 is 5.97 Å². The van der Waals surface area contributed by atoms with E-state index in [0.717, 1.165) is 5.56 Å². The zero-order chi connectivity index (χ0) is 22.5. The molecule has 2 aromatic heterocycles. The van der Waals surface area contributed by atoms with Crippen molar-refractivity contribution in [2.75, 3.05) is 31.6 Å². The Labute approximate surface area is 182 Å². The summed E-state index contributed by atoms with van der Waals surface area (Å²) in [5.74, 6) is -0.0375. The monoisotopic (exact) mass is 426 g/mol. The molecular formula is C23H30N4O4. The van der Waals surface area contributed by atoms with E-state index in [1.165, 1.54) is 0 Å². The number of aryl methyl sites for hydroxylation is 2. The zero-order valence-corrected chi connectivity index (χ0v) is 18.6. The SMILES string of the molecule is CCOC(=O)c1[nH]c(C)c(C(=O)CN2CCC(C(=O)Nc3cc(C)ccn3)CC2)c1C. The third kappa shape index (κ3) is 5.38. The highest BCUT2D eigenvalue weighted by Crippen LogP contribution is 2.23. The number of aromatic nitrogens is 2. The van der Waals surface area contributed by atoms with Crippen molar-refractivity contribution in [3.8, 4) is 0 Å². The third-order valence-electron chi connectivity index (χ3n) is 5.69. The average Bonchev–Trinajstić information content (AvgIpc) is 3.03. The van der Waals surface area contributed by atoms with Gasteiger partial charge < -0.3 is 15.0 Å². The minimum absolute atomic E-state index is 0.0273. The minimum Gasteiger partial charge on any atom is -0.461 e.